The molecule has 4 aromatic heterocycles. The highest BCUT2D eigenvalue weighted by molar-refractivity contribution is 5.90. The summed E-state index contributed by atoms with van der Waals surface area (Å²) in [5.74, 6) is 1.09. The van der Waals surface area contributed by atoms with Crippen molar-refractivity contribution in [2.45, 2.75) is 20.4 Å². The molecule has 8 nitrogen and oxygen atoms in total. The number of pyridine rings is 2. The molecule has 144 valence electrons. The number of methoxy groups -OCH3 is 2. The van der Waals surface area contributed by atoms with Crippen LogP contribution in [0.15, 0.2) is 36.8 Å². The van der Waals surface area contributed by atoms with Gasteiger partial charge in [0.15, 0.2) is 5.75 Å². The van der Waals surface area contributed by atoms with Crippen molar-refractivity contribution in [1.82, 2.24) is 24.3 Å². The Morgan fingerprint density at radius 2 is 1.89 bits per heavy atom. The molecule has 0 bridgehead atoms. The zero-order valence-corrected chi connectivity index (χ0v) is 16.2. The molecule has 4 aromatic rings. The lowest BCUT2D eigenvalue weighted by Crippen LogP contribution is -1.96. The third-order valence-electron chi connectivity index (χ3n) is 4.67. The summed E-state index contributed by atoms with van der Waals surface area (Å²) in [5.41, 5.74) is 3.70. The maximum absolute atomic E-state index is 10.8. The minimum atomic E-state index is 0.141. The van der Waals surface area contributed by atoms with Gasteiger partial charge in [-0.25, -0.2) is 9.97 Å². The number of ether oxygens (including phenoxy) is 2. The lowest BCUT2D eigenvalue weighted by molar-refractivity contribution is 0.343. The van der Waals surface area contributed by atoms with Crippen LogP contribution in [-0.2, 0) is 6.54 Å². The summed E-state index contributed by atoms with van der Waals surface area (Å²) < 4.78 is 14.0. The predicted octanol–water partition coefficient (Wildman–Crippen LogP) is 3.34. The van der Waals surface area contributed by atoms with Crippen molar-refractivity contribution in [3.63, 3.8) is 0 Å². The average molecular weight is 379 g/mol. The maximum Gasteiger partial charge on any atom is 0.257 e. The Morgan fingerprint density at radius 1 is 1.07 bits per heavy atom. The van der Waals surface area contributed by atoms with Crippen molar-refractivity contribution < 1.29 is 14.6 Å². The van der Waals surface area contributed by atoms with Crippen LogP contribution >= 0.6 is 0 Å². The highest BCUT2D eigenvalue weighted by Crippen LogP contribution is 2.34. The SMILES string of the molecule is CCn1cc(-n2cc3nc(-c4ccc(OC)c(OC)n4)cc(C)c3c2O)cn1. The van der Waals surface area contributed by atoms with Gasteiger partial charge < -0.3 is 14.6 Å². The first-order valence-corrected chi connectivity index (χ1v) is 8.89. The molecule has 0 saturated carbocycles. The van der Waals surface area contributed by atoms with E-state index in [0.29, 0.717) is 33.9 Å². The molecule has 4 rings (SSSR count). The Balaban J connectivity index is 1.85. The van der Waals surface area contributed by atoms with Crippen LogP contribution in [0.3, 0.4) is 0 Å². The van der Waals surface area contributed by atoms with Gasteiger partial charge in [0.1, 0.15) is 0 Å². The van der Waals surface area contributed by atoms with Gasteiger partial charge in [-0.05, 0) is 37.6 Å². The van der Waals surface area contributed by atoms with Crippen LogP contribution in [-0.4, -0.2) is 43.6 Å². The van der Waals surface area contributed by atoms with Crippen LogP contribution in [0, 0.1) is 6.92 Å². The molecule has 28 heavy (non-hydrogen) atoms. The molecule has 0 aliphatic carbocycles. The predicted molar refractivity (Wildman–Crippen MR) is 105 cm³/mol. The van der Waals surface area contributed by atoms with E-state index in [2.05, 4.69) is 10.1 Å². The number of fused-ring (bicyclic) bond motifs is 1. The van der Waals surface area contributed by atoms with Crippen LogP contribution < -0.4 is 9.47 Å². The molecule has 0 saturated heterocycles. The van der Waals surface area contributed by atoms with E-state index in [1.54, 1.807) is 41.9 Å². The Bertz CT molecular complexity index is 1160. The molecule has 0 amide bonds. The zero-order chi connectivity index (χ0) is 19.8. The summed E-state index contributed by atoms with van der Waals surface area (Å²) in [6, 6.07) is 5.53. The van der Waals surface area contributed by atoms with Crippen molar-refractivity contribution in [3.8, 4) is 34.6 Å². The summed E-state index contributed by atoms with van der Waals surface area (Å²) in [4.78, 5) is 9.19. The second-order valence-corrected chi connectivity index (χ2v) is 6.37. The van der Waals surface area contributed by atoms with E-state index in [1.165, 1.54) is 0 Å². The lowest BCUT2D eigenvalue weighted by Gasteiger charge is -2.09. The zero-order valence-electron chi connectivity index (χ0n) is 16.2. The highest BCUT2D eigenvalue weighted by atomic mass is 16.5. The average Bonchev–Trinajstić information content (AvgIpc) is 3.31. The molecular formula is C20H21N5O3. The maximum atomic E-state index is 10.8. The number of hydrogen-bond acceptors (Lipinski definition) is 6. The number of hydrogen-bond donors (Lipinski definition) is 1. The van der Waals surface area contributed by atoms with Crippen LogP contribution in [0.25, 0.3) is 28.0 Å². The third-order valence-corrected chi connectivity index (χ3v) is 4.67. The van der Waals surface area contributed by atoms with E-state index >= 15 is 0 Å². The largest absolute Gasteiger partial charge is 0.494 e. The summed E-state index contributed by atoms with van der Waals surface area (Å²) >= 11 is 0. The Morgan fingerprint density at radius 3 is 2.57 bits per heavy atom. The van der Waals surface area contributed by atoms with Gasteiger partial charge in [0.25, 0.3) is 5.88 Å². The van der Waals surface area contributed by atoms with Crippen LogP contribution in [0.4, 0.5) is 0 Å². The summed E-state index contributed by atoms with van der Waals surface area (Å²) in [7, 11) is 3.12. The normalized spacial score (nSPS) is 11.1. The van der Waals surface area contributed by atoms with Gasteiger partial charge in [-0.1, -0.05) is 0 Å². The summed E-state index contributed by atoms with van der Waals surface area (Å²) in [6.07, 6.45) is 5.40. The fourth-order valence-corrected chi connectivity index (χ4v) is 3.24. The van der Waals surface area contributed by atoms with E-state index in [0.717, 1.165) is 17.8 Å². The lowest BCUT2D eigenvalue weighted by atomic mass is 10.1. The third kappa shape index (κ3) is 2.83. The minimum absolute atomic E-state index is 0.141. The number of nitrogens with zero attached hydrogens (tertiary/aromatic N) is 5. The minimum Gasteiger partial charge on any atom is -0.494 e. The van der Waals surface area contributed by atoms with Gasteiger partial charge in [0.05, 0.1) is 48.4 Å². The van der Waals surface area contributed by atoms with Gasteiger partial charge in [-0.15, -0.1) is 0 Å². The molecule has 0 aliphatic heterocycles. The van der Waals surface area contributed by atoms with Crippen molar-refractivity contribution in [2.75, 3.05) is 14.2 Å². The van der Waals surface area contributed by atoms with E-state index in [1.807, 2.05) is 32.2 Å². The molecule has 8 heteroatoms. The van der Waals surface area contributed by atoms with E-state index in [4.69, 9.17) is 14.5 Å². The first kappa shape index (κ1) is 17.8. The first-order chi connectivity index (χ1) is 13.5. The summed E-state index contributed by atoms with van der Waals surface area (Å²) in [5, 5.41) is 15.7. The molecule has 0 aliphatic rings. The molecule has 1 N–H and O–H groups in total. The highest BCUT2D eigenvalue weighted by Gasteiger charge is 2.17. The molecule has 0 aromatic carbocycles. The van der Waals surface area contributed by atoms with Crippen molar-refractivity contribution in [1.29, 1.82) is 0 Å². The molecule has 0 atom stereocenters. The quantitative estimate of drug-likeness (QED) is 0.572. The second kappa shape index (κ2) is 6.88. The second-order valence-electron chi connectivity index (χ2n) is 6.37. The molecule has 0 spiro atoms. The topological polar surface area (TPSA) is 87.2 Å². The fraction of sp³-hybridized carbons (Fsp3) is 0.250. The van der Waals surface area contributed by atoms with E-state index in [-0.39, 0.29) is 5.88 Å². The Labute approximate surface area is 162 Å². The van der Waals surface area contributed by atoms with Gasteiger partial charge in [0.2, 0.25) is 5.88 Å². The van der Waals surface area contributed by atoms with Crippen LogP contribution in [0.1, 0.15) is 12.5 Å². The smallest absolute Gasteiger partial charge is 0.257 e. The van der Waals surface area contributed by atoms with Crippen LogP contribution in [0.2, 0.25) is 0 Å². The molecule has 0 fully saturated rings. The fourth-order valence-electron chi connectivity index (χ4n) is 3.24. The van der Waals surface area contributed by atoms with E-state index in [9.17, 15) is 5.11 Å². The molecule has 0 unspecified atom stereocenters. The number of aromatic hydroxyl groups is 1. The van der Waals surface area contributed by atoms with Gasteiger partial charge >= 0.3 is 0 Å². The molecule has 4 heterocycles. The van der Waals surface area contributed by atoms with Gasteiger partial charge in [0, 0.05) is 18.9 Å². The Hall–Kier alpha value is -3.55. The summed E-state index contributed by atoms with van der Waals surface area (Å²) in [6.45, 7) is 4.71. The number of aromatic nitrogens is 5. The number of aryl methyl sites for hydroxylation is 2. The van der Waals surface area contributed by atoms with E-state index < -0.39 is 0 Å². The van der Waals surface area contributed by atoms with Gasteiger partial charge in [-0.3, -0.25) is 9.25 Å². The monoisotopic (exact) mass is 379 g/mol. The van der Waals surface area contributed by atoms with Gasteiger partial charge in [-0.2, -0.15) is 5.10 Å². The Kier molecular flexibility index (Phi) is 4.38. The molecular weight excluding hydrogens is 358 g/mol. The van der Waals surface area contributed by atoms with Crippen molar-refractivity contribution in [3.05, 3.63) is 42.4 Å². The van der Waals surface area contributed by atoms with Crippen molar-refractivity contribution >= 4 is 10.9 Å². The standard InChI is InChI=1S/C20H21N5O3/c1-5-24-10-13(9-21-24)25-11-16-18(20(25)26)12(2)8-15(22-16)14-6-7-17(27-3)19(23-14)28-4/h6-11,26H,5H2,1-4H3. The molecule has 0 radical (unpaired) electrons. The number of rotatable bonds is 5. The van der Waals surface area contributed by atoms with Crippen molar-refractivity contribution in [2.24, 2.45) is 0 Å². The first-order valence-electron chi connectivity index (χ1n) is 8.89. The van der Waals surface area contributed by atoms with Crippen LogP contribution in [0.5, 0.6) is 17.5 Å².